The van der Waals surface area contributed by atoms with Crippen LogP contribution in [0, 0.1) is 0 Å². The molecular weight excluding hydrogens is 286 g/mol. The van der Waals surface area contributed by atoms with Crippen molar-refractivity contribution in [2.24, 2.45) is 0 Å². The number of rotatable bonds is 4. The Kier molecular flexibility index (Phi) is 5.00. The lowest BCUT2D eigenvalue weighted by molar-refractivity contribution is -0.122. The maximum absolute atomic E-state index is 12.2. The molecule has 1 fully saturated rings. The normalized spacial score (nSPS) is 17.6. The summed E-state index contributed by atoms with van der Waals surface area (Å²) in [4.78, 5) is 14.6. The third kappa shape index (κ3) is 3.30. The molecule has 1 aromatic carbocycles. The molecule has 1 saturated heterocycles. The van der Waals surface area contributed by atoms with Gasteiger partial charge in [0.2, 0.25) is 0 Å². The van der Waals surface area contributed by atoms with Crippen molar-refractivity contribution in [3.8, 4) is 0 Å². The second kappa shape index (κ2) is 6.55. The number of carbonyl (C=O) groups is 1. The van der Waals surface area contributed by atoms with E-state index in [1.807, 2.05) is 13.0 Å². The van der Waals surface area contributed by atoms with E-state index in [-0.39, 0.29) is 5.91 Å². The molecule has 0 bridgehead atoms. The molecule has 0 aliphatic carbocycles. The van der Waals surface area contributed by atoms with Gasteiger partial charge in [-0.1, -0.05) is 69.0 Å². The lowest BCUT2D eigenvalue weighted by atomic mass is 10.0. The van der Waals surface area contributed by atoms with E-state index in [4.69, 9.17) is 12.2 Å². The predicted molar refractivity (Wildman–Crippen MR) is 90.7 cm³/mol. The summed E-state index contributed by atoms with van der Waals surface area (Å²) >= 11 is 6.65. The third-order valence-corrected chi connectivity index (χ3v) is 4.60. The van der Waals surface area contributed by atoms with Gasteiger partial charge < -0.3 is 0 Å². The van der Waals surface area contributed by atoms with E-state index in [1.54, 1.807) is 4.90 Å². The highest BCUT2D eigenvalue weighted by molar-refractivity contribution is 8.26. The molecule has 4 heteroatoms. The van der Waals surface area contributed by atoms with Crippen LogP contribution in [-0.4, -0.2) is 21.7 Å². The van der Waals surface area contributed by atoms with Crippen LogP contribution in [0.5, 0.6) is 0 Å². The highest BCUT2D eigenvalue weighted by Gasteiger charge is 2.30. The van der Waals surface area contributed by atoms with Gasteiger partial charge in [0.1, 0.15) is 4.32 Å². The number of amides is 1. The number of benzene rings is 1. The second-order valence-corrected chi connectivity index (χ2v) is 6.83. The molecule has 2 nitrogen and oxygen atoms in total. The van der Waals surface area contributed by atoms with Crippen LogP contribution in [-0.2, 0) is 4.79 Å². The SMILES string of the molecule is CCCN1C(=O)C(=Cc2ccc(C(C)C)cc2)SC1=S. The van der Waals surface area contributed by atoms with Gasteiger partial charge in [-0.3, -0.25) is 9.69 Å². The molecule has 1 amide bonds. The number of hydrogen-bond donors (Lipinski definition) is 0. The van der Waals surface area contributed by atoms with Crippen LogP contribution < -0.4 is 0 Å². The Morgan fingerprint density at radius 3 is 2.50 bits per heavy atom. The van der Waals surface area contributed by atoms with E-state index in [0.29, 0.717) is 16.8 Å². The highest BCUT2D eigenvalue weighted by Crippen LogP contribution is 2.32. The summed E-state index contributed by atoms with van der Waals surface area (Å²) in [6.07, 6.45) is 2.85. The summed E-state index contributed by atoms with van der Waals surface area (Å²) in [5.74, 6) is 0.557. The molecule has 1 aliphatic rings. The Hall–Kier alpha value is -1.13. The Morgan fingerprint density at radius 1 is 1.30 bits per heavy atom. The van der Waals surface area contributed by atoms with Crippen LogP contribution in [0.4, 0.5) is 0 Å². The number of nitrogens with zero attached hydrogens (tertiary/aromatic N) is 1. The number of thioether (sulfide) groups is 1. The molecular formula is C16H19NOS2. The minimum absolute atomic E-state index is 0.0368. The molecule has 106 valence electrons. The van der Waals surface area contributed by atoms with Crippen LogP contribution in [0.3, 0.4) is 0 Å². The maximum atomic E-state index is 12.2. The first-order valence-electron chi connectivity index (χ1n) is 6.88. The number of carbonyl (C=O) groups excluding carboxylic acids is 1. The van der Waals surface area contributed by atoms with Gasteiger partial charge >= 0.3 is 0 Å². The van der Waals surface area contributed by atoms with Crippen molar-refractivity contribution in [2.45, 2.75) is 33.1 Å². The summed E-state index contributed by atoms with van der Waals surface area (Å²) in [7, 11) is 0. The van der Waals surface area contributed by atoms with Gasteiger partial charge in [-0.05, 0) is 29.5 Å². The van der Waals surface area contributed by atoms with E-state index in [9.17, 15) is 4.79 Å². The van der Waals surface area contributed by atoms with Crippen molar-refractivity contribution in [3.63, 3.8) is 0 Å². The van der Waals surface area contributed by atoms with Crippen LogP contribution >= 0.6 is 24.0 Å². The first-order valence-corrected chi connectivity index (χ1v) is 8.10. The van der Waals surface area contributed by atoms with Crippen molar-refractivity contribution in [1.29, 1.82) is 0 Å². The fraction of sp³-hybridized carbons (Fsp3) is 0.375. The first-order chi connectivity index (χ1) is 9.52. The smallest absolute Gasteiger partial charge is 0.266 e. The molecule has 1 heterocycles. The Balaban J connectivity index is 2.19. The van der Waals surface area contributed by atoms with Crippen molar-refractivity contribution < 1.29 is 4.79 Å². The summed E-state index contributed by atoms with van der Waals surface area (Å²) in [5, 5.41) is 0. The van der Waals surface area contributed by atoms with Crippen molar-refractivity contribution in [3.05, 3.63) is 40.3 Å². The monoisotopic (exact) mass is 305 g/mol. The van der Waals surface area contributed by atoms with Crippen molar-refractivity contribution in [1.82, 2.24) is 4.90 Å². The number of thiocarbonyl (C=S) groups is 1. The van der Waals surface area contributed by atoms with Gasteiger partial charge in [0.15, 0.2) is 0 Å². The average Bonchev–Trinajstić information content (AvgIpc) is 2.67. The topological polar surface area (TPSA) is 20.3 Å². The molecule has 0 spiro atoms. The Labute approximate surface area is 130 Å². The minimum Gasteiger partial charge on any atom is -0.293 e. The molecule has 20 heavy (non-hydrogen) atoms. The van der Waals surface area contributed by atoms with Crippen LogP contribution in [0.1, 0.15) is 44.2 Å². The average molecular weight is 305 g/mol. The lowest BCUT2D eigenvalue weighted by Crippen LogP contribution is -2.28. The standard InChI is InChI=1S/C16H19NOS2/c1-4-9-17-15(18)14(20-16(17)19)10-12-5-7-13(8-6-12)11(2)3/h5-8,10-11H,4,9H2,1-3H3. The number of hydrogen-bond acceptors (Lipinski definition) is 3. The minimum atomic E-state index is 0.0368. The Morgan fingerprint density at radius 2 is 1.95 bits per heavy atom. The summed E-state index contributed by atoms with van der Waals surface area (Å²) in [6, 6.07) is 8.34. The van der Waals surface area contributed by atoms with E-state index in [1.165, 1.54) is 17.3 Å². The predicted octanol–water partition coefficient (Wildman–Crippen LogP) is 4.42. The summed E-state index contributed by atoms with van der Waals surface area (Å²) < 4.78 is 0.668. The molecule has 0 unspecified atom stereocenters. The fourth-order valence-corrected chi connectivity index (χ4v) is 3.35. The van der Waals surface area contributed by atoms with E-state index < -0.39 is 0 Å². The molecule has 0 radical (unpaired) electrons. The van der Waals surface area contributed by atoms with E-state index >= 15 is 0 Å². The zero-order valence-corrected chi connectivity index (χ0v) is 13.7. The highest BCUT2D eigenvalue weighted by atomic mass is 32.2. The third-order valence-electron chi connectivity index (χ3n) is 3.22. The van der Waals surface area contributed by atoms with Gasteiger partial charge in [-0.15, -0.1) is 0 Å². The van der Waals surface area contributed by atoms with Crippen LogP contribution in [0.2, 0.25) is 0 Å². The largest absolute Gasteiger partial charge is 0.293 e. The van der Waals surface area contributed by atoms with Crippen LogP contribution in [0.15, 0.2) is 29.2 Å². The zero-order valence-electron chi connectivity index (χ0n) is 12.1. The molecule has 1 aromatic rings. The van der Waals surface area contributed by atoms with E-state index in [2.05, 4.69) is 38.1 Å². The van der Waals surface area contributed by atoms with Gasteiger partial charge in [-0.25, -0.2) is 0 Å². The van der Waals surface area contributed by atoms with Gasteiger partial charge in [0.25, 0.3) is 5.91 Å². The summed E-state index contributed by atoms with van der Waals surface area (Å²) in [6.45, 7) is 7.09. The van der Waals surface area contributed by atoms with Gasteiger partial charge in [0.05, 0.1) is 4.91 Å². The van der Waals surface area contributed by atoms with Crippen molar-refractivity contribution >= 4 is 40.3 Å². The summed E-state index contributed by atoms with van der Waals surface area (Å²) in [5.41, 5.74) is 2.35. The van der Waals surface area contributed by atoms with Crippen LogP contribution in [0.25, 0.3) is 6.08 Å². The van der Waals surface area contributed by atoms with Gasteiger partial charge in [0, 0.05) is 6.54 Å². The quantitative estimate of drug-likeness (QED) is 0.606. The van der Waals surface area contributed by atoms with Crippen molar-refractivity contribution in [2.75, 3.05) is 6.54 Å². The first kappa shape index (κ1) is 15.3. The second-order valence-electron chi connectivity index (χ2n) is 5.15. The van der Waals surface area contributed by atoms with E-state index in [0.717, 1.165) is 16.9 Å². The molecule has 0 saturated carbocycles. The Bertz CT molecular complexity index is 546. The lowest BCUT2D eigenvalue weighted by Gasteiger charge is -2.11. The van der Waals surface area contributed by atoms with Gasteiger partial charge in [-0.2, -0.15) is 0 Å². The molecule has 0 N–H and O–H groups in total. The fourth-order valence-electron chi connectivity index (χ4n) is 2.04. The molecule has 1 aliphatic heterocycles. The molecule has 0 atom stereocenters. The molecule has 0 aromatic heterocycles. The molecule has 2 rings (SSSR count). The zero-order chi connectivity index (χ0) is 14.7. The maximum Gasteiger partial charge on any atom is 0.266 e.